The molecule has 0 fully saturated rings. The van der Waals surface area contributed by atoms with E-state index in [0.29, 0.717) is 19.3 Å². The number of hydrogen-bond donors (Lipinski definition) is 0. The van der Waals surface area contributed by atoms with Gasteiger partial charge in [0.25, 0.3) is 0 Å². The highest BCUT2D eigenvalue weighted by atomic mass is 16.6. The van der Waals surface area contributed by atoms with Gasteiger partial charge in [0, 0.05) is 19.3 Å². The fourth-order valence-corrected chi connectivity index (χ4v) is 8.24. The molecule has 1 atom stereocenters. The Morgan fingerprint density at radius 2 is 0.551 bits per heavy atom. The lowest BCUT2D eigenvalue weighted by atomic mass is 10.0. The van der Waals surface area contributed by atoms with Crippen molar-refractivity contribution in [2.75, 3.05) is 13.2 Å². The van der Waals surface area contributed by atoms with Crippen molar-refractivity contribution in [2.24, 2.45) is 0 Å². The molecule has 0 bridgehead atoms. The average Bonchev–Trinajstić information content (AvgIpc) is 3.35. The number of esters is 3. The molecule has 0 spiro atoms. The largest absolute Gasteiger partial charge is 0.462 e. The maximum atomic E-state index is 12.8. The fourth-order valence-electron chi connectivity index (χ4n) is 8.24. The Labute approximate surface area is 427 Å². The number of rotatable bonds is 53. The molecule has 0 saturated carbocycles. The number of ether oxygens (including phenoxy) is 3. The zero-order chi connectivity index (χ0) is 50.0. The smallest absolute Gasteiger partial charge is 0.306 e. The molecule has 0 aromatic heterocycles. The van der Waals surface area contributed by atoms with Crippen LogP contribution in [0.2, 0.25) is 0 Å². The number of carbonyl (C=O) groups is 3. The summed E-state index contributed by atoms with van der Waals surface area (Å²) in [6.07, 6.45) is 73.3. The number of hydrogen-bond acceptors (Lipinski definition) is 6. The first-order valence-electron chi connectivity index (χ1n) is 29.4. The summed E-state index contributed by atoms with van der Waals surface area (Å²) in [5, 5.41) is 0. The Hall–Kier alpha value is -3.15. The molecule has 0 aromatic carbocycles. The van der Waals surface area contributed by atoms with E-state index in [9.17, 15) is 14.4 Å². The molecule has 398 valence electrons. The fraction of sp³-hybridized carbons (Fsp3) is 0.762. The van der Waals surface area contributed by atoms with Crippen LogP contribution in [0.4, 0.5) is 0 Å². The van der Waals surface area contributed by atoms with Crippen molar-refractivity contribution >= 4 is 17.9 Å². The molecule has 0 radical (unpaired) electrons. The van der Waals surface area contributed by atoms with Gasteiger partial charge in [0.15, 0.2) is 6.10 Å². The van der Waals surface area contributed by atoms with Crippen LogP contribution in [0, 0.1) is 0 Å². The molecule has 0 aliphatic carbocycles. The van der Waals surface area contributed by atoms with Crippen molar-refractivity contribution in [1.82, 2.24) is 0 Å². The molecule has 0 aromatic rings. The van der Waals surface area contributed by atoms with Crippen molar-refractivity contribution in [3.05, 3.63) is 72.9 Å². The molecular formula is C63H110O6. The molecule has 69 heavy (non-hydrogen) atoms. The summed E-state index contributed by atoms with van der Waals surface area (Å²) in [4.78, 5) is 38.1. The van der Waals surface area contributed by atoms with Gasteiger partial charge in [-0.3, -0.25) is 14.4 Å². The quantitative estimate of drug-likeness (QED) is 0.0262. The second-order valence-electron chi connectivity index (χ2n) is 19.6. The molecule has 0 heterocycles. The zero-order valence-corrected chi connectivity index (χ0v) is 45.6. The monoisotopic (exact) mass is 963 g/mol. The van der Waals surface area contributed by atoms with Crippen molar-refractivity contribution in [2.45, 2.75) is 297 Å². The molecule has 0 N–H and O–H groups in total. The molecule has 0 unspecified atom stereocenters. The third-order valence-electron chi connectivity index (χ3n) is 12.7. The minimum absolute atomic E-state index is 0.103. The van der Waals surface area contributed by atoms with Crippen molar-refractivity contribution in [3.63, 3.8) is 0 Å². The predicted molar refractivity (Wildman–Crippen MR) is 298 cm³/mol. The van der Waals surface area contributed by atoms with Crippen molar-refractivity contribution in [3.8, 4) is 0 Å². The first kappa shape index (κ1) is 65.8. The van der Waals surface area contributed by atoms with E-state index < -0.39 is 6.10 Å². The standard InChI is InChI=1S/C63H110O6/c1-4-7-10-13-16-19-22-25-27-29-31-33-35-38-41-44-47-50-53-56-62(65)68-59-60(58-67-61(64)55-52-49-46-43-40-37-24-21-18-15-12-9-6-3)69-63(66)57-54-51-48-45-42-39-36-34-32-30-28-26-23-20-17-14-11-8-5-2/h17,20,25-28,32,34,39,42,48,51,60H,4-16,18-19,21-24,29-31,33,35-38,40-41,43-47,49-50,52-59H2,1-3H3/b20-17-,27-25-,28-26-,34-32-,42-39-,51-48-/t60-/m0/s1. The van der Waals surface area contributed by atoms with Gasteiger partial charge in [-0.05, 0) is 83.5 Å². The number of carbonyl (C=O) groups excluding carboxylic acids is 3. The predicted octanol–water partition coefficient (Wildman–Crippen LogP) is 19.8. The van der Waals surface area contributed by atoms with Gasteiger partial charge in [0.05, 0.1) is 0 Å². The normalized spacial score (nSPS) is 12.6. The lowest BCUT2D eigenvalue weighted by Crippen LogP contribution is -2.30. The molecule has 0 saturated heterocycles. The van der Waals surface area contributed by atoms with Gasteiger partial charge in [0.1, 0.15) is 13.2 Å². The maximum Gasteiger partial charge on any atom is 0.306 e. The van der Waals surface area contributed by atoms with Crippen LogP contribution in [-0.4, -0.2) is 37.2 Å². The summed E-state index contributed by atoms with van der Waals surface area (Å²) in [7, 11) is 0. The first-order chi connectivity index (χ1) is 34.0. The summed E-state index contributed by atoms with van der Waals surface area (Å²) >= 11 is 0. The second-order valence-corrected chi connectivity index (χ2v) is 19.6. The van der Waals surface area contributed by atoms with E-state index in [2.05, 4.69) is 87.6 Å². The van der Waals surface area contributed by atoms with Crippen LogP contribution < -0.4 is 0 Å². The van der Waals surface area contributed by atoms with Gasteiger partial charge >= 0.3 is 17.9 Å². The Kier molecular flexibility index (Phi) is 54.8. The van der Waals surface area contributed by atoms with Gasteiger partial charge < -0.3 is 14.2 Å². The lowest BCUT2D eigenvalue weighted by molar-refractivity contribution is -0.166. The number of unbranched alkanes of at least 4 members (excludes halogenated alkanes) is 30. The topological polar surface area (TPSA) is 78.9 Å². The van der Waals surface area contributed by atoms with Gasteiger partial charge in [-0.2, -0.15) is 0 Å². The summed E-state index contributed by atoms with van der Waals surface area (Å²) in [5.41, 5.74) is 0. The maximum absolute atomic E-state index is 12.8. The number of allylic oxidation sites excluding steroid dienone is 12. The van der Waals surface area contributed by atoms with E-state index in [0.717, 1.165) is 64.2 Å². The van der Waals surface area contributed by atoms with Crippen molar-refractivity contribution < 1.29 is 28.6 Å². The van der Waals surface area contributed by atoms with Crippen LogP contribution in [-0.2, 0) is 28.6 Å². The zero-order valence-electron chi connectivity index (χ0n) is 45.6. The summed E-state index contributed by atoms with van der Waals surface area (Å²) < 4.78 is 16.8. The van der Waals surface area contributed by atoms with Crippen LogP contribution in [0.25, 0.3) is 0 Å². The highest BCUT2D eigenvalue weighted by molar-refractivity contribution is 5.71. The van der Waals surface area contributed by atoms with Gasteiger partial charge in [-0.25, -0.2) is 0 Å². The summed E-state index contributed by atoms with van der Waals surface area (Å²) in [5.74, 6) is -0.978. The van der Waals surface area contributed by atoms with E-state index in [4.69, 9.17) is 14.2 Å². The Morgan fingerprint density at radius 1 is 0.290 bits per heavy atom. The van der Waals surface area contributed by atoms with E-state index >= 15 is 0 Å². The Morgan fingerprint density at radius 3 is 0.913 bits per heavy atom. The van der Waals surface area contributed by atoms with Gasteiger partial charge in [0.2, 0.25) is 0 Å². The van der Waals surface area contributed by atoms with Crippen LogP contribution in [0.1, 0.15) is 290 Å². The Balaban J connectivity index is 4.46. The third kappa shape index (κ3) is 55.6. The van der Waals surface area contributed by atoms with E-state index in [-0.39, 0.29) is 37.5 Å². The van der Waals surface area contributed by atoms with Crippen LogP contribution in [0.15, 0.2) is 72.9 Å². The van der Waals surface area contributed by atoms with Crippen LogP contribution >= 0.6 is 0 Å². The van der Waals surface area contributed by atoms with Crippen molar-refractivity contribution in [1.29, 1.82) is 0 Å². The third-order valence-corrected chi connectivity index (χ3v) is 12.7. The van der Waals surface area contributed by atoms with E-state index in [1.807, 2.05) is 6.08 Å². The molecule has 6 nitrogen and oxygen atoms in total. The molecular weight excluding hydrogens is 853 g/mol. The summed E-state index contributed by atoms with van der Waals surface area (Å²) in [6.45, 7) is 6.57. The SMILES string of the molecule is CCCCC/C=C\C/C=C\C/C=C\C/C=C\C/C=C\CCC(=O)O[C@H](COC(=O)CCCCCCCCCCC/C=C\CCCCCCCC)COC(=O)CCCCCCCCCCCCCCC. The average molecular weight is 964 g/mol. The molecule has 0 aliphatic rings. The van der Waals surface area contributed by atoms with Gasteiger partial charge in [-0.15, -0.1) is 0 Å². The van der Waals surface area contributed by atoms with Crippen LogP contribution in [0.3, 0.4) is 0 Å². The van der Waals surface area contributed by atoms with Gasteiger partial charge in [-0.1, -0.05) is 261 Å². The molecule has 0 aliphatic heterocycles. The van der Waals surface area contributed by atoms with E-state index in [1.165, 1.54) is 180 Å². The minimum Gasteiger partial charge on any atom is -0.462 e. The molecule has 0 rings (SSSR count). The Bertz CT molecular complexity index is 1290. The highest BCUT2D eigenvalue weighted by Gasteiger charge is 2.19. The lowest BCUT2D eigenvalue weighted by Gasteiger charge is -2.18. The summed E-state index contributed by atoms with van der Waals surface area (Å²) in [6, 6.07) is 0. The molecule has 6 heteroatoms. The van der Waals surface area contributed by atoms with E-state index in [1.54, 1.807) is 0 Å². The second kappa shape index (κ2) is 57.4. The molecule has 0 amide bonds. The van der Waals surface area contributed by atoms with Crippen LogP contribution in [0.5, 0.6) is 0 Å². The highest BCUT2D eigenvalue weighted by Crippen LogP contribution is 2.15. The minimum atomic E-state index is -0.814. The first-order valence-corrected chi connectivity index (χ1v) is 29.4.